The predicted octanol–water partition coefficient (Wildman–Crippen LogP) is 3.13. The molecule has 1 amide bonds. The van der Waals surface area contributed by atoms with Crippen LogP contribution in [0.4, 0.5) is 5.69 Å². The smallest absolute Gasteiger partial charge is 0.282 e. The number of amides is 1. The summed E-state index contributed by atoms with van der Waals surface area (Å²) in [6.07, 6.45) is 2.42. The van der Waals surface area contributed by atoms with Crippen LogP contribution in [0.2, 0.25) is 0 Å². The fourth-order valence-electron chi connectivity index (χ4n) is 3.64. The molecule has 0 aliphatic carbocycles. The zero-order valence-corrected chi connectivity index (χ0v) is 14.1. The summed E-state index contributed by atoms with van der Waals surface area (Å²) in [7, 11) is 0. The van der Waals surface area contributed by atoms with E-state index in [0.29, 0.717) is 5.56 Å². The van der Waals surface area contributed by atoms with E-state index in [1.807, 2.05) is 32.9 Å². The van der Waals surface area contributed by atoms with Gasteiger partial charge in [-0.3, -0.25) is 4.79 Å². The van der Waals surface area contributed by atoms with Crippen LogP contribution in [-0.2, 0) is 4.79 Å². The van der Waals surface area contributed by atoms with Crippen LogP contribution in [0.15, 0.2) is 12.1 Å². The van der Waals surface area contributed by atoms with E-state index >= 15 is 0 Å². The summed E-state index contributed by atoms with van der Waals surface area (Å²) in [6.45, 7) is 11.3. The lowest BCUT2D eigenvalue weighted by Crippen LogP contribution is -2.56. The van der Waals surface area contributed by atoms with Crippen molar-refractivity contribution in [3.05, 3.63) is 28.8 Å². The molecule has 4 heteroatoms. The molecule has 1 saturated heterocycles. The highest BCUT2D eigenvalue weighted by molar-refractivity contribution is 5.95. The molecule has 1 aromatic rings. The van der Waals surface area contributed by atoms with Gasteiger partial charge in [-0.05, 0) is 51.0 Å². The minimum Gasteiger partial charge on any atom is -0.320 e. The molecular weight excluding hydrogens is 274 g/mol. The van der Waals surface area contributed by atoms with Gasteiger partial charge in [0.1, 0.15) is 0 Å². The fourth-order valence-corrected chi connectivity index (χ4v) is 3.64. The van der Waals surface area contributed by atoms with E-state index in [1.165, 1.54) is 12.8 Å². The summed E-state index contributed by atoms with van der Waals surface area (Å²) in [5.74, 6) is 0.0830. The van der Waals surface area contributed by atoms with Crippen LogP contribution in [-0.4, -0.2) is 36.1 Å². The molecule has 2 rings (SSSR count). The van der Waals surface area contributed by atoms with Gasteiger partial charge in [0.15, 0.2) is 6.04 Å². The molecule has 1 atom stereocenters. The van der Waals surface area contributed by atoms with E-state index in [-0.39, 0.29) is 11.9 Å². The van der Waals surface area contributed by atoms with Crippen LogP contribution >= 0.6 is 0 Å². The van der Waals surface area contributed by atoms with Crippen molar-refractivity contribution in [2.45, 2.75) is 46.6 Å². The second-order valence-corrected chi connectivity index (χ2v) is 6.45. The molecule has 1 N–H and O–H groups in total. The molecule has 4 nitrogen and oxygen atoms in total. The zero-order chi connectivity index (χ0) is 16.3. The molecule has 0 aromatic heterocycles. The van der Waals surface area contributed by atoms with Gasteiger partial charge >= 0.3 is 0 Å². The number of hydrogen-bond acceptors (Lipinski definition) is 2. The Morgan fingerprint density at radius 3 is 2.32 bits per heavy atom. The maximum Gasteiger partial charge on any atom is 0.282 e. The molecule has 118 valence electrons. The number of aryl methyl sites for hydroxylation is 2. The van der Waals surface area contributed by atoms with Crippen molar-refractivity contribution in [3.63, 3.8) is 0 Å². The summed E-state index contributed by atoms with van der Waals surface area (Å²) in [5.41, 5.74) is 3.38. The first kappa shape index (κ1) is 16.5. The van der Waals surface area contributed by atoms with Gasteiger partial charge in [-0.2, -0.15) is 5.26 Å². The van der Waals surface area contributed by atoms with Crippen molar-refractivity contribution < 1.29 is 9.28 Å². The number of anilines is 1. The Hall–Kier alpha value is -1.86. The number of benzene rings is 1. The summed E-state index contributed by atoms with van der Waals surface area (Å²) in [4.78, 5) is 12.7. The maximum atomic E-state index is 12.7. The molecule has 22 heavy (non-hydrogen) atoms. The third kappa shape index (κ3) is 3.00. The van der Waals surface area contributed by atoms with E-state index in [1.54, 1.807) is 0 Å². The van der Waals surface area contributed by atoms with Crippen LogP contribution in [0.5, 0.6) is 0 Å². The van der Waals surface area contributed by atoms with E-state index in [9.17, 15) is 4.79 Å². The maximum absolute atomic E-state index is 12.7. The van der Waals surface area contributed by atoms with Crippen LogP contribution in [0.1, 0.15) is 43.4 Å². The van der Waals surface area contributed by atoms with Gasteiger partial charge in [-0.25, -0.2) is 0 Å². The van der Waals surface area contributed by atoms with Crippen molar-refractivity contribution in [1.82, 2.24) is 0 Å². The molecular formula is C18H26N3O+. The quantitative estimate of drug-likeness (QED) is 0.869. The third-order valence-corrected chi connectivity index (χ3v) is 5.20. The van der Waals surface area contributed by atoms with Gasteiger partial charge in [0.05, 0.1) is 31.3 Å². The minimum absolute atomic E-state index is 0.0399. The molecule has 0 saturated carbocycles. The lowest BCUT2D eigenvalue weighted by molar-refractivity contribution is -0.928. The van der Waals surface area contributed by atoms with Crippen molar-refractivity contribution in [1.29, 1.82) is 5.26 Å². The van der Waals surface area contributed by atoms with Crippen LogP contribution in [0.3, 0.4) is 0 Å². The van der Waals surface area contributed by atoms with Gasteiger partial charge in [-0.15, -0.1) is 0 Å². The second-order valence-electron chi connectivity index (χ2n) is 6.45. The lowest BCUT2D eigenvalue weighted by Gasteiger charge is -2.38. The number of hydrogen-bond donors (Lipinski definition) is 1. The van der Waals surface area contributed by atoms with E-state index in [2.05, 4.69) is 18.3 Å². The number of nitrogens with zero attached hydrogens (tertiary/aromatic N) is 2. The number of nitriles is 1. The number of rotatable bonds is 4. The number of quaternary nitrogens is 1. The van der Waals surface area contributed by atoms with Gasteiger partial charge in [-0.1, -0.05) is 0 Å². The van der Waals surface area contributed by atoms with Gasteiger partial charge < -0.3 is 9.80 Å². The van der Waals surface area contributed by atoms with Gasteiger partial charge in [0, 0.05) is 18.5 Å². The van der Waals surface area contributed by atoms with Crippen molar-refractivity contribution in [3.8, 4) is 6.07 Å². The lowest BCUT2D eigenvalue weighted by atomic mass is 10.0. The highest BCUT2D eigenvalue weighted by atomic mass is 16.2. The standard InChI is InChI=1S/C18H25N3O/c1-5-21(8-6-7-9-21)15(4)18(22)20-17-13(2)10-16(12-19)11-14(17)3/h10-11,15H,5-9H2,1-4H3/p+1. The number of likely N-dealkylation sites (tertiary alicyclic amines) is 1. The Kier molecular flexibility index (Phi) is 4.87. The highest BCUT2D eigenvalue weighted by Gasteiger charge is 2.39. The minimum atomic E-state index is -0.0399. The molecule has 1 aliphatic rings. The van der Waals surface area contributed by atoms with Gasteiger partial charge in [0.25, 0.3) is 5.91 Å². The molecule has 1 heterocycles. The molecule has 1 fully saturated rings. The van der Waals surface area contributed by atoms with Crippen molar-refractivity contribution in [2.75, 3.05) is 25.0 Å². The number of carbonyl (C=O) groups excluding carboxylic acids is 1. The van der Waals surface area contributed by atoms with Crippen molar-refractivity contribution in [2.24, 2.45) is 0 Å². The summed E-state index contributed by atoms with van der Waals surface area (Å²) >= 11 is 0. The van der Waals surface area contributed by atoms with Gasteiger partial charge in [0.2, 0.25) is 0 Å². The molecule has 1 aromatic carbocycles. The first-order chi connectivity index (χ1) is 10.4. The molecule has 0 spiro atoms. The molecule has 0 bridgehead atoms. The first-order valence-electron chi connectivity index (χ1n) is 8.11. The highest BCUT2D eigenvalue weighted by Crippen LogP contribution is 2.26. The molecule has 1 aliphatic heterocycles. The zero-order valence-electron chi connectivity index (χ0n) is 14.1. The Morgan fingerprint density at radius 2 is 1.86 bits per heavy atom. The Morgan fingerprint density at radius 1 is 1.32 bits per heavy atom. The summed E-state index contributed by atoms with van der Waals surface area (Å²) in [6, 6.07) is 5.77. The number of nitrogens with one attached hydrogen (secondary N) is 1. The number of likely N-dealkylation sites (N-methyl/N-ethyl adjacent to an activating group) is 1. The Bertz CT molecular complexity index is 586. The average molecular weight is 300 g/mol. The Balaban J connectivity index is 2.20. The second kappa shape index (κ2) is 6.50. The monoisotopic (exact) mass is 300 g/mol. The van der Waals surface area contributed by atoms with Crippen LogP contribution in [0.25, 0.3) is 0 Å². The van der Waals surface area contributed by atoms with Crippen LogP contribution < -0.4 is 5.32 Å². The van der Waals surface area contributed by atoms with Crippen molar-refractivity contribution >= 4 is 11.6 Å². The average Bonchev–Trinajstić information content (AvgIpc) is 2.99. The first-order valence-corrected chi connectivity index (χ1v) is 8.11. The summed E-state index contributed by atoms with van der Waals surface area (Å²) < 4.78 is 0.889. The Labute approximate surface area is 133 Å². The molecule has 0 radical (unpaired) electrons. The molecule has 1 unspecified atom stereocenters. The topological polar surface area (TPSA) is 52.9 Å². The van der Waals surface area contributed by atoms with E-state index in [0.717, 1.165) is 40.9 Å². The summed E-state index contributed by atoms with van der Waals surface area (Å²) in [5, 5.41) is 12.1. The SMILES string of the molecule is CC[N+]1(C(C)C(=O)Nc2c(C)cc(C#N)cc2C)CCCC1. The fraction of sp³-hybridized carbons (Fsp3) is 0.556. The largest absolute Gasteiger partial charge is 0.320 e. The normalized spacial score (nSPS) is 17.8. The number of carbonyl (C=O) groups is 1. The van der Waals surface area contributed by atoms with Crippen LogP contribution in [0, 0.1) is 25.2 Å². The van der Waals surface area contributed by atoms with E-state index < -0.39 is 0 Å². The predicted molar refractivity (Wildman–Crippen MR) is 88.5 cm³/mol. The van der Waals surface area contributed by atoms with E-state index in [4.69, 9.17) is 5.26 Å². The third-order valence-electron chi connectivity index (χ3n) is 5.20.